The first-order valence-electron chi connectivity index (χ1n) is 6.86. The smallest absolute Gasteiger partial charge is 0.0346 e. The van der Waals surface area contributed by atoms with Gasteiger partial charge in [-0.25, -0.2) is 0 Å². The molecule has 1 aromatic carbocycles. The number of rotatable bonds is 2. The van der Waals surface area contributed by atoms with Gasteiger partial charge >= 0.3 is 0 Å². The molecule has 0 atom stereocenters. The molecule has 0 unspecified atom stereocenters. The summed E-state index contributed by atoms with van der Waals surface area (Å²) < 4.78 is 0. The first-order valence-corrected chi connectivity index (χ1v) is 6.86. The van der Waals surface area contributed by atoms with E-state index in [2.05, 4.69) is 66.6 Å². The summed E-state index contributed by atoms with van der Waals surface area (Å²) in [5.41, 5.74) is 6.11. The molecule has 0 aliphatic carbocycles. The van der Waals surface area contributed by atoms with Crippen LogP contribution in [0.5, 0.6) is 0 Å². The lowest BCUT2D eigenvalue weighted by Gasteiger charge is -2.19. The highest BCUT2D eigenvalue weighted by molar-refractivity contribution is 5.62. The van der Waals surface area contributed by atoms with Gasteiger partial charge in [0.1, 0.15) is 0 Å². The van der Waals surface area contributed by atoms with Crippen LogP contribution in [0.2, 0.25) is 0 Å². The molecule has 2 nitrogen and oxygen atoms in total. The molecule has 0 radical (unpaired) electrons. The average Bonchev–Trinajstić information content (AvgIpc) is 2.47. The molecular formula is C18H18N2. The van der Waals surface area contributed by atoms with Crippen LogP contribution >= 0.6 is 0 Å². The normalized spacial score (nSPS) is 15.3. The van der Waals surface area contributed by atoms with E-state index >= 15 is 0 Å². The van der Waals surface area contributed by atoms with Crippen molar-refractivity contribution in [2.45, 2.75) is 19.8 Å². The van der Waals surface area contributed by atoms with E-state index in [1.807, 2.05) is 12.3 Å². The number of aromatic nitrogens is 1. The van der Waals surface area contributed by atoms with Crippen molar-refractivity contribution in [1.82, 2.24) is 10.3 Å². The molecule has 2 aromatic rings. The summed E-state index contributed by atoms with van der Waals surface area (Å²) in [6.07, 6.45) is 8.21. The summed E-state index contributed by atoms with van der Waals surface area (Å²) in [5, 5.41) is 3.33. The SMILES string of the molecule is CC1=CC(c2ccc(-c3cccnc3)cc2)C=C(C)N1. The van der Waals surface area contributed by atoms with Crippen molar-refractivity contribution in [3.63, 3.8) is 0 Å². The molecule has 0 saturated carbocycles. The summed E-state index contributed by atoms with van der Waals surface area (Å²) in [4.78, 5) is 4.17. The summed E-state index contributed by atoms with van der Waals surface area (Å²) in [6.45, 7) is 4.21. The molecular weight excluding hydrogens is 244 g/mol. The van der Waals surface area contributed by atoms with Gasteiger partial charge in [0.05, 0.1) is 0 Å². The third-order valence-corrected chi connectivity index (χ3v) is 3.54. The molecule has 0 bridgehead atoms. The van der Waals surface area contributed by atoms with E-state index in [1.165, 1.54) is 22.5 Å². The van der Waals surface area contributed by atoms with Crippen LogP contribution in [0.1, 0.15) is 25.3 Å². The number of benzene rings is 1. The van der Waals surface area contributed by atoms with Crippen molar-refractivity contribution in [3.8, 4) is 11.1 Å². The topological polar surface area (TPSA) is 24.9 Å². The van der Waals surface area contributed by atoms with Gasteiger partial charge in [-0.05, 0) is 36.6 Å². The van der Waals surface area contributed by atoms with Crippen LogP contribution in [0.15, 0.2) is 72.3 Å². The van der Waals surface area contributed by atoms with Gasteiger partial charge in [-0.15, -0.1) is 0 Å². The number of dihydropyridines is 1. The van der Waals surface area contributed by atoms with Crippen molar-refractivity contribution in [2.75, 3.05) is 0 Å². The first kappa shape index (κ1) is 12.7. The fourth-order valence-electron chi connectivity index (χ4n) is 2.60. The fourth-order valence-corrected chi connectivity index (χ4v) is 2.60. The van der Waals surface area contributed by atoms with Crippen molar-refractivity contribution in [1.29, 1.82) is 0 Å². The zero-order valence-electron chi connectivity index (χ0n) is 11.8. The highest BCUT2D eigenvalue weighted by atomic mass is 14.9. The largest absolute Gasteiger partial charge is 0.363 e. The van der Waals surface area contributed by atoms with E-state index in [0.29, 0.717) is 5.92 Å². The van der Waals surface area contributed by atoms with E-state index in [-0.39, 0.29) is 0 Å². The quantitative estimate of drug-likeness (QED) is 0.875. The summed E-state index contributed by atoms with van der Waals surface area (Å²) in [7, 11) is 0. The lowest BCUT2D eigenvalue weighted by Crippen LogP contribution is -2.14. The minimum absolute atomic E-state index is 0.360. The number of nitrogens with one attached hydrogen (secondary N) is 1. The van der Waals surface area contributed by atoms with E-state index in [9.17, 15) is 0 Å². The second kappa shape index (κ2) is 5.33. The Kier molecular flexibility index (Phi) is 3.38. The Morgan fingerprint density at radius 3 is 2.20 bits per heavy atom. The Balaban J connectivity index is 1.89. The average molecular weight is 262 g/mol. The molecule has 1 aliphatic heterocycles. The highest BCUT2D eigenvalue weighted by Crippen LogP contribution is 2.27. The van der Waals surface area contributed by atoms with Crippen molar-refractivity contribution in [3.05, 3.63) is 77.9 Å². The predicted octanol–water partition coefficient (Wildman–Crippen LogP) is 4.24. The number of nitrogens with zero attached hydrogens (tertiary/aromatic N) is 1. The Morgan fingerprint density at radius 1 is 0.900 bits per heavy atom. The second-order valence-electron chi connectivity index (χ2n) is 5.21. The van der Waals surface area contributed by atoms with Gasteiger partial charge in [0.15, 0.2) is 0 Å². The number of pyridine rings is 1. The van der Waals surface area contributed by atoms with Gasteiger partial charge < -0.3 is 5.32 Å². The van der Waals surface area contributed by atoms with E-state index < -0.39 is 0 Å². The maximum Gasteiger partial charge on any atom is 0.0346 e. The first-order chi connectivity index (χ1) is 9.72. The van der Waals surface area contributed by atoms with Gasteiger partial charge in [0, 0.05) is 29.7 Å². The Morgan fingerprint density at radius 2 is 1.60 bits per heavy atom. The zero-order chi connectivity index (χ0) is 13.9. The summed E-state index contributed by atoms with van der Waals surface area (Å²) >= 11 is 0. The molecule has 0 amide bonds. The lowest BCUT2D eigenvalue weighted by molar-refractivity contribution is 0.870. The lowest BCUT2D eigenvalue weighted by atomic mass is 9.93. The number of allylic oxidation sites excluding steroid dienone is 4. The van der Waals surface area contributed by atoms with E-state index in [4.69, 9.17) is 0 Å². The van der Waals surface area contributed by atoms with Gasteiger partial charge in [-0.3, -0.25) is 4.98 Å². The van der Waals surface area contributed by atoms with Crippen molar-refractivity contribution < 1.29 is 0 Å². The Bertz CT molecular complexity index is 634. The van der Waals surface area contributed by atoms with Gasteiger partial charge in [-0.1, -0.05) is 42.5 Å². The maximum absolute atomic E-state index is 4.17. The molecule has 3 rings (SSSR count). The summed E-state index contributed by atoms with van der Waals surface area (Å²) in [5.74, 6) is 0.360. The third kappa shape index (κ3) is 2.64. The van der Waals surface area contributed by atoms with Crippen LogP contribution in [0, 0.1) is 0 Å². The van der Waals surface area contributed by atoms with Crippen molar-refractivity contribution >= 4 is 0 Å². The molecule has 2 heterocycles. The molecule has 1 aliphatic rings. The van der Waals surface area contributed by atoms with Crippen LogP contribution < -0.4 is 5.32 Å². The minimum atomic E-state index is 0.360. The van der Waals surface area contributed by atoms with E-state index in [1.54, 1.807) is 6.20 Å². The molecule has 2 heteroatoms. The second-order valence-corrected chi connectivity index (χ2v) is 5.21. The van der Waals surface area contributed by atoms with Crippen LogP contribution in [-0.4, -0.2) is 4.98 Å². The highest BCUT2D eigenvalue weighted by Gasteiger charge is 2.11. The zero-order valence-corrected chi connectivity index (χ0v) is 11.8. The third-order valence-electron chi connectivity index (χ3n) is 3.54. The molecule has 100 valence electrons. The van der Waals surface area contributed by atoms with Crippen LogP contribution in [0.3, 0.4) is 0 Å². The van der Waals surface area contributed by atoms with Crippen LogP contribution in [-0.2, 0) is 0 Å². The molecule has 20 heavy (non-hydrogen) atoms. The van der Waals surface area contributed by atoms with Gasteiger partial charge in [0.25, 0.3) is 0 Å². The minimum Gasteiger partial charge on any atom is -0.363 e. The Hall–Kier alpha value is -2.35. The van der Waals surface area contributed by atoms with Gasteiger partial charge in [0.2, 0.25) is 0 Å². The van der Waals surface area contributed by atoms with E-state index in [0.717, 1.165) is 5.56 Å². The van der Waals surface area contributed by atoms with Gasteiger partial charge in [-0.2, -0.15) is 0 Å². The standard InChI is InChI=1S/C18H18N2/c1-13-10-18(11-14(2)20-13)16-7-5-15(6-8-16)17-4-3-9-19-12-17/h3-12,18,20H,1-2H3. The van der Waals surface area contributed by atoms with Crippen molar-refractivity contribution in [2.24, 2.45) is 0 Å². The fraction of sp³-hybridized carbons (Fsp3) is 0.167. The number of hydrogen-bond donors (Lipinski definition) is 1. The molecule has 0 spiro atoms. The molecule has 1 N–H and O–H groups in total. The number of hydrogen-bond acceptors (Lipinski definition) is 2. The monoisotopic (exact) mass is 262 g/mol. The molecule has 0 saturated heterocycles. The Labute approximate surface area is 119 Å². The molecule has 0 fully saturated rings. The van der Waals surface area contributed by atoms with Crippen LogP contribution in [0.25, 0.3) is 11.1 Å². The van der Waals surface area contributed by atoms with Crippen LogP contribution in [0.4, 0.5) is 0 Å². The summed E-state index contributed by atoms with van der Waals surface area (Å²) in [6, 6.07) is 12.8. The molecule has 1 aromatic heterocycles. The maximum atomic E-state index is 4.17. The predicted molar refractivity (Wildman–Crippen MR) is 83.1 cm³/mol.